The number of esters is 1. The molecule has 0 radical (unpaired) electrons. The number of ether oxygens (including phenoxy) is 2. The van der Waals surface area contributed by atoms with Gasteiger partial charge in [0.1, 0.15) is 6.10 Å². The van der Waals surface area contributed by atoms with Gasteiger partial charge in [0.2, 0.25) is 5.91 Å². The third-order valence-corrected chi connectivity index (χ3v) is 3.37. The average Bonchev–Trinajstić information content (AvgIpc) is 2.91. The fourth-order valence-corrected chi connectivity index (χ4v) is 2.24. The van der Waals surface area contributed by atoms with Crippen molar-refractivity contribution in [3.05, 3.63) is 0 Å². The third kappa shape index (κ3) is 5.38. The van der Waals surface area contributed by atoms with Crippen LogP contribution < -0.4 is 5.32 Å². The van der Waals surface area contributed by atoms with Gasteiger partial charge in [-0.25, -0.2) is 0 Å². The third-order valence-electron chi connectivity index (χ3n) is 3.37. The molecule has 23 heavy (non-hydrogen) atoms. The van der Waals surface area contributed by atoms with Gasteiger partial charge in [-0.1, -0.05) is 0 Å². The van der Waals surface area contributed by atoms with Crippen LogP contribution in [-0.4, -0.2) is 68.3 Å². The molecule has 0 aromatic heterocycles. The Morgan fingerprint density at radius 3 is 2.70 bits per heavy atom. The first-order valence-corrected chi connectivity index (χ1v) is 6.80. The number of carbonyl (C=O) groups excluding carboxylic acids is 3. The van der Waals surface area contributed by atoms with E-state index < -0.39 is 49.8 Å². The second kappa shape index (κ2) is 8.14. The molecule has 1 heterocycles. The van der Waals surface area contributed by atoms with Crippen LogP contribution in [0.15, 0.2) is 0 Å². The molecule has 1 aliphatic rings. The van der Waals surface area contributed by atoms with Crippen molar-refractivity contribution in [2.45, 2.75) is 37.6 Å². The summed E-state index contributed by atoms with van der Waals surface area (Å²) in [7, 11) is -0.371. The Hall–Kier alpha value is -1.84. The summed E-state index contributed by atoms with van der Waals surface area (Å²) in [4.78, 5) is 34.8. The van der Waals surface area contributed by atoms with Crippen molar-refractivity contribution < 1.29 is 39.8 Å². The van der Waals surface area contributed by atoms with Crippen LogP contribution in [0, 0.1) is 0 Å². The standard InChI is InChI=1S/C13H19F3N2O5/c1-17-10(19)3-4-11(20)23-9-5-6-18(8(9)7-22-2)12(21)13(14,15)16/h8-9H,3-7H2,1-2H3,(H,17,19)/t8-,9?/m1/s1/i2TD/t2?,8-,9?. The molecule has 1 rings (SSSR count). The molecular formula is C13H19F3N2O5. The molecule has 0 bridgehead atoms. The Kier molecular flexibility index (Phi) is 5.67. The maximum absolute atomic E-state index is 12.7. The maximum atomic E-state index is 12.7. The lowest BCUT2D eigenvalue weighted by Gasteiger charge is -2.27. The molecule has 0 aromatic carbocycles. The molecule has 1 fully saturated rings. The van der Waals surface area contributed by atoms with Gasteiger partial charge in [0.05, 0.1) is 21.8 Å². The van der Waals surface area contributed by atoms with Crippen molar-refractivity contribution in [3.8, 4) is 0 Å². The Labute approximate surface area is 133 Å². The molecule has 0 aromatic rings. The minimum atomic E-state index is -5.10. The second-order valence-electron chi connectivity index (χ2n) is 4.89. The van der Waals surface area contributed by atoms with Gasteiger partial charge in [0, 0.05) is 33.5 Å². The largest absolute Gasteiger partial charge is 0.471 e. The molecule has 0 spiro atoms. The Morgan fingerprint density at radius 2 is 2.13 bits per heavy atom. The normalized spacial score (nSPS) is 23.7. The summed E-state index contributed by atoms with van der Waals surface area (Å²) in [5.41, 5.74) is 0. The lowest BCUT2D eigenvalue weighted by atomic mass is 10.1. The van der Waals surface area contributed by atoms with E-state index in [0.29, 0.717) is 4.90 Å². The zero-order valence-corrected chi connectivity index (χ0v) is 12.4. The molecule has 3 atom stereocenters. The molecule has 1 aliphatic heterocycles. The van der Waals surface area contributed by atoms with Crippen LogP contribution in [0.2, 0.25) is 0 Å². The van der Waals surface area contributed by atoms with Crippen LogP contribution in [-0.2, 0) is 23.9 Å². The smallest absolute Gasteiger partial charge is 0.460 e. The summed E-state index contributed by atoms with van der Waals surface area (Å²) < 4.78 is 61.6. The number of carbonyl (C=O) groups is 3. The van der Waals surface area contributed by atoms with E-state index in [-0.39, 0.29) is 25.8 Å². The molecule has 2 unspecified atom stereocenters. The van der Waals surface area contributed by atoms with Gasteiger partial charge in [0.15, 0.2) is 0 Å². The molecule has 1 saturated heterocycles. The summed E-state index contributed by atoms with van der Waals surface area (Å²) in [6, 6.07) is -1.25. The Morgan fingerprint density at radius 1 is 1.43 bits per heavy atom. The van der Waals surface area contributed by atoms with Crippen molar-refractivity contribution >= 4 is 17.8 Å². The highest BCUT2D eigenvalue weighted by Crippen LogP contribution is 2.28. The number of hydrogen-bond acceptors (Lipinski definition) is 5. The summed E-state index contributed by atoms with van der Waals surface area (Å²) in [5.74, 6) is -3.30. The highest BCUT2D eigenvalue weighted by atomic mass is 19.4. The van der Waals surface area contributed by atoms with Crippen molar-refractivity contribution in [1.82, 2.24) is 10.2 Å². The molecule has 1 N–H and O–H groups in total. The SMILES string of the molecule is [2H]C([3H])OC[C@@H]1C(OC(=O)CCC(=O)NC)CCN1C(=O)C(F)(F)F. The topological polar surface area (TPSA) is 84.9 Å². The van der Waals surface area contributed by atoms with E-state index in [1.54, 1.807) is 0 Å². The molecule has 132 valence electrons. The van der Waals surface area contributed by atoms with E-state index in [1.807, 2.05) is 0 Å². The first-order valence-electron chi connectivity index (χ1n) is 7.95. The van der Waals surface area contributed by atoms with Gasteiger partial charge in [-0.3, -0.25) is 14.4 Å². The summed E-state index contributed by atoms with van der Waals surface area (Å²) in [5, 5.41) is 2.31. The van der Waals surface area contributed by atoms with E-state index in [2.05, 4.69) is 10.1 Å². The highest BCUT2D eigenvalue weighted by molar-refractivity contribution is 5.83. The fraction of sp³-hybridized carbons (Fsp3) is 0.769. The number of halogens is 3. The molecule has 10 heteroatoms. The van der Waals surface area contributed by atoms with Crippen LogP contribution in [0.4, 0.5) is 13.2 Å². The van der Waals surface area contributed by atoms with Crippen LogP contribution in [0.3, 0.4) is 0 Å². The first-order chi connectivity index (χ1) is 11.6. The minimum Gasteiger partial charge on any atom is -0.460 e. The van der Waals surface area contributed by atoms with E-state index in [4.69, 9.17) is 7.48 Å². The number of nitrogens with zero attached hydrogens (tertiary/aromatic N) is 1. The summed E-state index contributed by atoms with van der Waals surface area (Å²) in [6.45, 7) is -0.854. The Balaban J connectivity index is 2.74. The van der Waals surface area contributed by atoms with Gasteiger partial charge in [-0.2, -0.15) is 13.2 Å². The van der Waals surface area contributed by atoms with E-state index in [0.717, 1.165) is 0 Å². The van der Waals surface area contributed by atoms with Crippen molar-refractivity contribution in [3.63, 3.8) is 0 Å². The Bertz CT molecular complexity index is 505. The van der Waals surface area contributed by atoms with Crippen LogP contribution in [0.25, 0.3) is 0 Å². The number of nitrogens with one attached hydrogen (secondary N) is 1. The lowest BCUT2D eigenvalue weighted by molar-refractivity contribution is -0.188. The van der Waals surface area contributed by atoms with Crippen molar-refractivity contribution in [2.24, 2.45) is 0 Å². The van der Waals surface area contributed by atoms with E-state index in [1.165, 1.54) is 7.05 Å². The maximum Gasteiger partial charge on any atom is 0.471 e. The van der Waals surface area contributed by atoms with Crippen LogP contribution in [0.1, 0.15) is 22.0 Å². The first kappa shape index (κ1) is 16.0. The second-order valence-corrected chi connectivity index (χ2v) is 4.89. The fourth-order valence-electron chi connectivity index (χ4n) is 2.24. The van der Waals surface area contributed by atoms with Gasteiger partial charge in [0.25, 0.3) is 0 Å². The number of rotatable bonds is 6. The van der Waals surface area contributed by atoms with E-state index in [9.17, 15) is 27.6 Å². The molecule has 0 aliphatic carbocycles. The monoisotopic (exact) mass is 343 g/mol. The number of alkyl halides is 3. The summed E-state index contributed by atoms with van der Waals surface area (Å²) >= 11 is 0. The molecule has 2 amide bonds. The number of amides is 2. The van der Waals surface area contributed by atoms with E-state index >= 15 is 0 Å². The minimum absolute atomic E-state index is 0.0395. The molecule has 7 nitrogen and oxygen atoms in total. The van der Waals surface area contributed by atoms with Crippen LogP contribution >= 0.6 is 0 Å². The number of likely N-dealkylation sites (tertiary alicyclic amines) is 1. The quantitative estimate of drug-likeness (QED) is 0.698. The van der Waals surface area contributed by atoms with Crippen LogP contribution in [0.5, 0.6) is 0 Å². The zero-order chi connectivity index (χ0) is 19.2. The average molecular weight is 343 g/mol. The predicted octanol–water partition coefficient (Wildman–Crippen LogP) is 0.234. The summed E-state index contributed by atoms with van der Waals surface area (Å²) in [6.07, 6.45) is -6.62. The number of hydrogen-bond donors (Lipinski definition) is 1. The lowest BCUT2D eigenvalue weighted by Crippen LogP contribution is -2.48. The van der Waals surface area contributed by atoms with Gasteiger partial charge < -0.3 is 19.7 Å². The highest BCUT2D eigenvalue weighted by Gasteiger charge is 2.49. The van der Waals surface area contributed by atoms with Gasteiger partial charge in [-0.05, 0) is 0 Å². The molecular weight excluding hydrogens is 321 g/mol. The van der Waals surface area contributed by atoms with Crippen molar-refractivity contribution in [2.75, 3.05) is 27.3 Å². The van der Waals surface area contributed by atoms with Crippen molar-refractivity contribution in [1.29, 1.82) is 0 Å². The van der Waals surface area contributed by atoms with Gasteiger partial charge >= 0.3 is 18.1 Å². The molecule has 0 saturated carbocycles. The number of methoxy groups -OCH3 is 1. The zero-order valence-electron chi connectivity index (χ0n) is 14.4. The van der Waals surface area contributed by atoms with Gasteiger partial charge in [-0.15, -0.1) is 0 Å². The predicted molar refractivity (Wildman–Crippen MR) is 71.2 cm³/mol.